The summed E-state index contributed by atoms with van der Waals surface area (Å²) >= 11 is 0. The first-order chi connectivity index (χ1) is 19.8. The zero-order valence-corrected chi connectivity index (χ0v) is 22.7. The van der Waals surface area contributed by atoms with Crippen molar-refractivity contribution in [3.8, 4) is 0 Å². The quantitative estimate of drug-likeness (QED) is 0.247. The predicted molar refractivity (Wildman–Crippen MR) is 133 cm³/mol. The number of rotatable bonds is 5. The van der Waals surface area contributed by atoms with Gasteiger partial charge in [0.15, 0.2) is 0 Å². The van der Waals surface area contributed by atoms with Crippen molar-refractivity contribution in [1.29, 1.82) is 0 Å². The molecule has 4 rings (SSSR count). The predicted octanol–water partition coefficient (Wildman–Crippen LogP) is 8.71. The van der Waals surface area contributed by atoms with E-state index in [0.29, 0.717) is 31.0 Å². The van der Waals surface area contributed by atoms with E-state index in [9.17, 15) is 49.1 Å². The Morgan fingerprint density at radius 1 is 0.907 bits per heavy atom. The van der Waals surface area contributed by atoms with Gasteiger partial charge in [0.1, 0.15) is 0 Å². The molecule has 15 heteroatoms. The molecular weight excluding hydrogens is 599 g/mol. The molecule has 2 unspecified atom stereocenters. The first-order valence-electron chi connectivity index (χ1n) is 12.8. The van der Waals surface area contributed by atoms with Crippen LogP contribution in [-0.4, -0.2) is 30.2 Å². The number of methoxy groups -OCH3 is 1. The molecule has 0 saturated heterocycles. The third-order valence-electron chi connectivity index (χ3n) is 7.18. The first kappa shape index (κ1) is 32.0. The Hall–Kier alpha value is -3.91. The van der Waals surface area contributed by atoms with Gasteiger partial charge in [0.2, 0.25) is 0 Å². The number of ether oxygens (including phenoxy) is 2. The van der Waals surface area contributed by atoms with Gasteiger partial charge in [0, 0.05) is 12.6 Å². The van der Waals surface area contributed by atoms with Gasteiger partial charge < -0.3 is 9.47 Å². The van der Waals surface area contributed by atoms with Crippen molar-refractivity contribution in [1.82, 2.24) is 4.90 Å². The van der Waals surface area contributed by atoms with Crippen LogP contribution < -0.4 is 4.90 Å². The summed E-state index contributed by atoms with van der Waals surface area (Å²) in [6.07, 6.45) is -16.3. The minimum absolute atomic E-state index is 0.00339. The van der Waals surface area contributed by atoms with E-state index in [1.165, 1.54) is 6.92 Å². The molecule has 1 aliphatic heterocycles. The van der Waals surface area contributed by atoms with Crippen molar-refractivity contribution < 1.29 is 58.6 Å². The van der Waals surface area contributed by atoms with E-state index in [-0.39, 0.29) is 35.4 Å². The summed E-state index contributed by atoms with van der Waals surface area (Å²) in [4.78, 5) is 28.1. The summed E-state index contributed by atoms with van der Waals surface area (Å²) in [5, 5.41) is 0. The van der Waals surface area contributed by atoms with E-state index in [0.717, 1.165) is 29.0 Å². The average molecular weight is 624 g/mol. The summed E-state index contributed by atoms with van der Waals surface area (Å²) in [7, 11) is 0.910. The SMILES string of the molecule is C=C(C)OC(=O)N1c2ccc(C(F)(F)F)cc2C(N(Cc2cc(C(F)(F)F)cc(C(F)(F)F)c2)C(=O)OC)CC1C1CC1. The van der Waals surface area contributed by atoms with Gasteiger partial charge in [0.05, 0.1) is 41.3 Å². The van der Waals surface area contributed by atoms with Gasteiger partial charge >= 0.3 is 30.7 Å². The fourth-order valence-corrected chi connectivity index (χ4v) is 5.19. The van der Waals surface area contributed by atoms with Crippen LogP contribution in [0.4, 0.5) is 54.8 Å². The lowest BCUT2D eigenvalue weighted by molar-refractivity contribution is -0.143. The summed E-state index contributed by atoms with van der Waals surface area (Å²) in [6.45, 7) is 4.00. The number of anilines is 1. The van der Waals surface area contributed by atoms with Crippen LogP contribution in [0.25, 0.3) is 0 Å². The molecule has 0 N–H and O–H groups in total. The lowest BCUT2D eigenvalue weighted by Crippen LogP contribution is -2.49. The number of carbonyl (C=O) groups excluding carboxylic acids is 2. The van der Waals surface area contributed by atoms with Crippen LogP contribution in [-0.2, 0) is 34.5 Å². The van der Waals surface area contributed by atoms with Crippen molar-refractivity contribution in [3.05, 3.63) is 76.6 Å². The number of alkyl halides is 9. The van der Waals surface area contributed by atoms with Crippen LogP contribution in [0.5, 0.6) is 0 Å². The molecule has 2 atom stereocenters. The number of allylic oxidation sites excluding steroid dienone is 1. The number of fused-ring (bicyclic) bond motifs is 1. The third kappa shape index (κ3) is 7.02. The Kier molecular flexibility index (Phi) is 8.41. The van der Waals surface area contributed by atoms with Crippen molar-refractivity contribution >= 4 is 17.9 Å². The van der Waals surface area contributed by atoms with Gasteiger partial charge in [0.25, 0.3) is 0 Å². The standard InChI is InChI=1S/C28H25F9N2O4/c1-14(2)43-25(41)39-21-7-6-17(26(29,30)31)11-20(21)23(12-22(39)16-4-5-16)38(24(40)42-3)13-15-8-18(27(32,33)34)10-19(9-15)28(35,36)37/h6-11,16,22-23H,1,4-5,12-13H2,2-3H3. The molecule has 0 radical (unpaired) electrons. The highest BCUT2D eigenvalue weighted by Gasteiger charge is 2.48. The maximum Gasteiger partial charge on any atom is 0.419 e. The van der Waals surface area contributed by atoms with Crippen molar-refractivity contribution in [3.63, 3.8) is 0 Å². The Morgan fingerprint density at radius 3 is 1.93 bits per heavy atom. The second-order valence-corrected chi connectivity index (χ2v) is 10.4. The summed E-state index contributed by atoms with van der Waals surface area (Å²) in [5.41, 5.74) is -5.30. The van der Waals surface area contributed by atoms with Gasteiger partial charge in [-0.25, -0.2) is 9.59 Å². The van der Waals surface area contributed by atoms with E-state index in [1.54, 1.807) is 0 Å². The van der Waals surface area contributed by atoms with Crippen molar-refractivity contribution in [2.24, 2.45) is 5.92 Å². The highest BCUT2D eigenvalue weighted by molar-refractivity contribution is 5.91. The topological polar surface area (TPSA) is 59.1 Å². The molecule has 0 spiro atoms. The maximum atomic E-state index is 13.8. The molecule has 0 bridgehead atoms. The van der Waals surface area contributed by atoms with Crippen LogP contribution in [0.2, 0.25) is 0 Å². The monoisotopic (exact) mass is 624 g/mol. The number of hydrogen-bond donors (Lipinski definition) is 0. The minimum atomic E-state index is -5.17. The number of benzene rings is 2. The van der Waals surface area contributed by atoms with E-state index in [1.807, 2.05) is 0 Å². The average Bonchev–Trinajstić information content (AvgIpc) is 3.73. The van der Waals surface area contributed by atoms with E-state index < -0.39 is 71.6 Å². The fourth-order valence-electron chi connectivity index (χ4n) is 5.19. The van der Waals surface area contributed by atoms with Crippen molar-refractivity contribution in [2.45, 2.75) is 63.3 Å². The van der Waals surface area contributed by atoms with Gasteiger partial charge in [-0.2, -0.15) is 39.5 Å². The Bertz CT molecular complexity index is 1380. The second-order valence-electron chi connectivity index (χ2n) is 10.4. The molecule has 2 amide bonds. The molecule has 0 aromatic heterocycles. The summed E-state index contributed by atoms with van der Waals surface area (Å²) in [5.74, 6) is -0.170. The Balaban J connectivity index is 1.89. The number of amides is 2. The minimum Gasteiger partial charge on any atom is -0.453 e. The second kappa shape index (κ2) is 11.3. The van der Waals surface area contributed by atoms with Crippen LogP contribution in [0, 0.1) is 5.92 Å². The molecule has 43 heavy (non-hydrogen) atoms. The van der Waals surface area contributed by atoms with Gasteiger partial charge in [-0.15, -0.1) is 0 Å². The molecule has 2 aromatic rings. The van der Waals surface area contributed by atoms with Gasteiger partial charge in [-0.05, 0) is 79.6 Å². The number of nitrogens with zero attached hydrogens (tertiary/aromatic N) is 2. The summed E-state index contributed by atoms with van der Waals surface area (Å²) in [6, 6.07) is 1.12. The molecule has 6 nitrogen and oxygen atoms in total. The lowest BCUT2D eigenvalue weighted by Gasteiger charge is -2.44. The maximum absolute atomic E-state index is 13.8. The zero-order valence-electron chi connectivity index (χ0n) is 22.7. The van der Waals surface area contributed by atoms with Crippen LogP contribution >= 0.6 is 0 Å². The molecule has 2 aliphatic rings. The number of hydrogen-bond acceptors (Lipinski definition) is 4. The van der Waals surface area contributed by atoms with E-state index in [2.05, 4.69) is 6.58 Å². The normalized spacial score (nSPS) is 19.0. The summed E-state index contributed by atoms with van der Waals surface area (Å²) < 4.78 is 132. The van der Waals surface area contributed by atoms with E-state index in [4.69, 9.17) is 9.47 Å². The molecule has 1 fully saturated rings. The largest absolute Gasteiger partial charge is 0.453 e. The van der Waals surface area contributed by atoms with E-state index >= 15 is 0 Å². The Morgan fingerprint density at radius 2 is 1.47 bits per heavy atom. The molecular formula is C28H25F9N2O4. The van der Waals surface area contributed by atoms with Crippen LogP contribution in [0.1, 0.15) is 60.0 Å². The molecule has 1 heterocycles. The highest BCUT2D eigenvalue weighted by Crippen LogP contribution is 2.50. The highest BCUT2D eigenvalue weighted by atomic mass is 19.4. The third-order valence-corrected chi connectivity index (χ3v) is 7.18. The first-order valence-corrected chi connectivity index (χ1v) is 12.8. The van der Waals surface area contributed by atoms with Gasteiger partial charge in [-0.3, -0.25) is 9.80 Å². The molecule has 1 saturated carbocycles. The molecule has 2 aromatic carbocycles. The van der Waals surface area contributed by atoms with Crippen molar-refractivity contribution in [2.75, 3.05) is 12.0 Å². The number of carbonyl (C=O) groups is 2. The lowest BCUT2D eigenvalue weighted by atomic mass is 9.86. The van der Waals surface area contributed by atoms with Crippen LogP contribution in [0.15, 0.2) is 48.7 Å². The fraction of sp³-hybridized carbons (Fsp3) is 0.429. The molecule has 234 valence electrons. The Labute approximate surface area is 239 Å². The van der Waals surface area contributed by atoms with Gasteiger partial charge in [-0.1, -0.05) is 6.58 Å². The molecule has 1 aliphatic carbocycles. The number of halogens is 9. The smallest absolute Gasteiger partial charge is 0.419 e. The zero-order chi connectivity index (χ0) is 32.1. The van der Waals surface area contributed by atoms with Crippen LogP contribution in [0.3, 0.4) is 0 Å².